The Bertz CT molecular complexity index is 3570. The summed E-state index contributed by atoms with van der Waals surface area (Å²) in [7, 11) is 0. The predicted octanol–water partition coefficient (Wildman–Crippen LogP) is 15.2. The van der Waals surface area contributed by atoms with E-state index in [9.17, 15) is 0 Å². The Balaban J connectivity index is 0.848. The van der Waals surface area contributed by atoms with Crippen molar-refractivity contribution in [2.24, 2.45) is 0 Å². The highest BCUT2D eigenvalue weighted by atomic mass is 32.1. The van der Waals surface area contributed by atoms with E-state index in [2.05, 4.69) is 176 Å². The van der Waals surface area contributed by atoms with Crippen molar-refractivity contribution in [3.05, 3.63) is 235 Å². The first-order valence-corrected chi connectivity index (χ1v) is 22.2. The zero-order valence-corrected chi connectivity index (χ0v) is 35.1. The van der Waals surface area contributed by atoms with Gasteiger partial charge in [0.15, 0.2) is 40.5 Å². The Labute approximate surface area is 373 Å². The number of rotatable bonds is 6. The van der Waals surface area contributed by atoms with Crippen molar-refractivity contribution >= 4 is 31.5 Å². The van der Waals surface area contributed by atoms with Gasteiger partial charge in [-0.2, -0.15) is 0 Å². The maximum absolute atomic E-state index is 6.76. The van der Waals surface area contributed by atoms with Gasteiger partial charge in [0.25, 0.3) is 0 Å². The summed E-state index contributed by atoms with van der Waals surface area (Å²) in [5.41, 5.74) is 11.5. The average Bonchev–Trinajstić information content (AvgIpc) is 3.88. The molecule has 0 atom stereocenters. The van der Waals surface area contributed by atoms with Crippen molar-refractivity contribution in [1.82, 2.24) is 15.0 Å². The van der Waals surface area contributed by atoms with Crippen LogP contribution < -0.4 is 9.47 Å². The lowest BCUT2D eigenvalue weighted by Crippen LogP contribution is -2.28. The fraction of sp³-hybridized carbons (Fsp3) is 0.0172. The van der Waals surface area contributed by atoms with Gasteiger partial charge in [-0.15, -0.1) is 11.3 Å². The molecule has 0 saturated heterocycles. The molecule has 0 amide bonds. The van der Waals surface area contributed by atoms with E-state index in [1.54, 1.807) is 11.3 Å². The Kier molecular flexibility index (Phi) is 8.23. The number of nitrogens with zero attached hydrogens (tertiary/aromatic N) is 3. The maximum atomic E-state index is 6.76. The smallest absolute Gasteiger partial charge is 0.170 e. The molecular formula is C58H35N3O2S. The first kappa shape index (κ1) is 36.5. The van der Waals surface area contributed by atoms with Gasteiger partial charge < -0.3 is 9.47 Å². The molecule has 1 aliphatic heterocycles. The third-order valence-corrected chi connectivity index (χ3v) is 13.8. The van der Waals surface area contributed by atoms with E-state index in [1.807, 2.05) is 36.4 Å². The summed E-state index contributed by atoms with van der Waals surface area (Å²) in [6.45, 7) is 0. The molecule has 6 heteroatoms. The van der Waals surface area contributed by atoms with E-state index in [0.29, 0.717) is 40.5 Å². The minimum absolute atomic E-state index is 0.525. The van der Waals surface area contributed by atoms with Crippen LogP contribution in [0.1, 0.15) is 22.3 Å². The van der Waals surface area contributed by atoms with Crippen LogP contribution in [0.4, 0.5) is 0 Å². The van der Waals surface area contributed by atoms with Crippen LogP contribution in [-0.2, 0) is 5.41 Å². The van der Waals surface area contributed by atoms with Crippen LogP contribution in [0.2, 0.25) is 0 Å². The standard InChI is InChI=1S/C58H35N3O2S/c1-4-14-37(15-5-1)55-59-56(61-57(60-55)40-28-30-45-44-21-11-13-23-53(44)64-54(45)33-40)38-26-24-36(25-27-38)39-29-31-49-50(32-39)63-51-34-46-43-20-10-12-22-47(43)58(41-16-6-2-7-17-41,42-18-8-3-9-19-42)48(46)35-52(51)62-49/h1-35H. The summed E-state index contributed by atoms with van der Waals surface area (Å²) >= 11 is 1.79. The van der Waals surface area contributed by atoms with Crippen LogP contribution in [0.3, 0.4) is 0 Å². The number of hydrogen-bond donors (Lipinski definition) is 0. The fourth-order valence-electron chi connectivity index (χ4n) is 9.72. The van der Waals surface area contributed by atoms with E-state index >= 15 is 0 Å². The van der Waals surface area contributed by atoms with Crippen LogP contribution in [0.25, 0.3) is 76.6 Å². The van der Waals surface area contributed by atoms with Gasteiger partial charge in [0.1, 0.15) is 0 Å². The topological polar surface area (TPSA) is 57.1 Å². The summed E-state index contributed by atoms with van der Waals surface area (Å²) in [6.07, 6.45) is 0. The first-order chi connectivity index (χ1) is 31.7. The third kappa shape index (κ3) is 5.73. The molecule has 0 N–H and O–H groups in total. The molecule has 0 saturated carbocycles. The van der Waals surface area contributed by atoms with Crippen molar-refractivity contribution in [3.8, 4) is 79.4 Å². The van der Waals surface area contributed by atoms with Crippen molar-refractivity contribution in [2.75, 3.05) is 0 Å². The van der Waals surface area contributed by atoms with Crippen molar-refractivity contribution in [3.63, 3.8) is 0 Å². The summed E-state index contributed by atoms with van der Waals surface area (Å²) in [6, 6.07) is 74.4. The minimum Gasteiger partial charge on any atom is -0.450 e. The molecule has 0 bridgehead atoms. The first-order valence-electron chi connectivity index (χ1n) is 21.4. The van der Waals surface area contributed by atoms with Gasteiger partial charge in [-0.1, -0.05) is 176 Å². The quantitative estimate of drug-likeness (QED) is 0.167. The van der Waals surface area contributed by atoms with E-state index < -0.39 is 5.41 Å². The van der Waals surface area contributed by atoms with Gasteiger partial charge in [-0.25, -0.2) is 15.0 Å². The molecule has 5 nitrogen and oxygen atoms in total. The van der Waals surface area contributed by atoms with E-state index in [4.69, 9.17) is 24.4 Å². The molecule has 0 fully saturated rings. The highest BCUT2D eigenvalue weighted by Gasteiger charge is 2.47. The molecule has 2 aromatic heterocycles. The molecule has 13 rings (SSSR count). The van der Waals surface area contributed by atoms with E-state index in [-0.39, 0.29) is 0 Å². The highest BCUT2D eigenvalue weighted by molar-refractivity contribution is 7.25. The molecule has 11 aromatic rings. The zero-order valence-electron chi connectivity index (χ0n) is 34.3. The lowest BCUT2D eigenvalue weighted by molar-refractivity contribution is 0.359. The van der Waals surface area contributed by atoms with Crippen LogP contribution in [-0.4, -0.2) is 15.0 Å². The molecule has 2 aliphatic rings. The van der Waals surface area contributed by atoms with Crippen LogP contribution in [0, 0.1) is 0 Å². The molecular weight excluding hydrogens is 803 g/mol. The largest absolute Gasteiger partial charge is 0.450 e. The fourth-order valence-corrected chi connectivity index (χ4v) is 10.9. The molecule has 9 aromatic carbocycles. The predicted molar refractivity (Wildman–Crippen MR) is 258 cm³/mol. The van der Waals surface area contributed by atoms with Gasteiger partial charge in [-0.3, -0.25) is 0 Å². The highest BCUT2D eigenvalue weighted by Crippen LogP contribution is 2.60. The van der Waals surface area contributed by atoms with E-state index in [1.165, 1.54) is 48.0 Å². The second kappa shape index (κ2) is 14.4. The zero-order chi connectivity index (χ0) is 42.2. The monoisotopic (exact) mass is 837 g/mol. The van der Waals surface area contributed by atoms with Gasteiger partial charge in [-0.05, 0) is 80.9 Å². The summed E-state index contributed by atoms with van der Waals surface area (Å²) < 4.78 is 15.9. The number of ether oxygens (including phenoxy) is 2. The molecule has 0 radical (unpaired) electrons. The van der Waals surface area contributed by atoms with Crippen molar-refractivity contribution < 1.29 is 9.47 Å². The second-order valence-electron chi connectivity index (χ2n) is 16.3. The van der Waals surface area contributed by atoms with Crippen LogP contribution >= 0.6 is 11.3 Å². The Morgan fingerprint density at radius 1 is 0.328 bits per heavy atom. The van der Waals surface area contributed by atoms with Crippen molar-refractivity contribution in [2.45, 2.75) is 5.41 Å². The molecule has 0 spiro atoms. The van der Waals surface area contributed by atoms with Gasteiger partial charge in [0.2, 0.25) is 0 Å². The number of thiophene rings is 1. The van der Waals surface area contributed by atoms with Crippen LogP contribution in [0.15, 0.2) is 212 Å². The number of aromatic nitrogens is 3. The SMILES string of the molecule is c1ccc(-c2nc(-c3ccc(-c4ccc5c(c4)Oc4cc6c(cc4O5)C(c4ccccc4)(c4ccccc4)c4ccccc4-6)cc3)nc(-c3ccc4c(c3)sc3ccccc34)n2)cc1. The Morgan fingerprint density at radius 3 is 1.61 bits per heavy atom. The van der Waals surface area contributed by atoms with Gasteiger partial charge in [0.05, 0.1) is 5.41 Å². The summed E-state index contributed by atoms with van der Waals surface area (Å²) in [4.78, 5) is 15.1. The molecule has 64 heavy (non-hydrogen) atoms. The Hall–Kier alpha value is -8.19. The molecule has 0 unspecified atom stereocenters. The molecule has 3 heterocycles. The lowest BCUT2D eigenvalue weighted by atomic mass is 9.67. The van der Waals surface area contributed by atoms with Gasteiger partial charge in [0, 0.05) is 36.9 Å². The normalized spacial score (nSPS) is 13.1. The minimum atomic E-state index is -0.525. The number of hydrogen-bond acceptors (Lipinski definition) is 6. The molecule has 300 valence electrons. The van der Waals surface area contributed by atoms with Crippen molar-refractivity contribution in [1.29, 1.82) is 0 Å². The van der Waals surface area contributed by atoms with Crippen LogP contribution in [0.5, 0.6) is 23.0 Å². The summed E-state index contributed by atoms with van der Waals surface area (Å²) in [5.74, 6) is 4.62. The van der Waals surface area contributed by atoms with E-state index in [0.717, 1.165) is 33.4 Å². The van der Waals surface area contributed by atoms with Gasteiger partial charge >= 0.3 is 0 Å². The maximum Gasteiger partial charge on any atom is 0.170 e. The second-order valence-corrected chi connectivity index (χ2v) is 17.4. The number of benzene rings is 9. The lowest BCUT2D eigenvalue weighted by Gasteiger charge is -2.34. The summed E-state index contributed by atoms with van der Waals surface area (Å²) in [5, 5.41) is 2.51. The Morgan fingerprint density at radius 2 is 0.859 bits per heavy atom. The third-order valence-electron chi connectivity index (χ3n) is 12.7. The number of fused-ring (bicyclic) bond motifs is 8. The average molecular weight is 838 g/mol. The molecule has 1 aliphatic carbocycles.